The van der Waals surface area contributed by atoms with Crippen molar-refractivity contribution in [2.24, 2.45) is 0 Å². The first-order chi connectivity index (χ1) is 16.8. The van der Waals surface area contributed by atoms with Crippen LogP contribution < -0.4 is 0 Å². The summed E-state index contributed by atoms with van der Waals surface area (Å²) >= 11 is 0. The number of para-hydroxylation sites is 1. The van der Waals surface area contributed by atoms with Crippen LogP contribution in [0.1, 0.15) is 11.0 Å². The van der Waals surface area contributed by atoms with Gasteiger partial charge >= 0.3 is 20.1 Å². The monoisotopic (exact) mass is 600 g/mol. The van der Waals surface area contributed by atoms with Gasteiger partial charge in [-0.15, -0.1) is 29.8 Å². The Labute approximate surface area is 208 Å². The summed E-state index contributed by atoms with van der Waals surface area (Å²) in [5.74, 6) is 0. The van der Waals surface area contributed by atoms with Gasteiger partial charge in [0.25, 0.3) is 0 Å². The third-order valence-corrected chi connectivity index (χ3v) is 3.67. The molecule has 0 radical (unpaired) electrons. The van der Waals surface area contributed by atoms with Gasteiger partial charge in [0, 0.05) is 24.7 Å². The minimum atomic E-state index is -0.343. The Kier molecular flexibility index (Phi) is 9.68. The maximum Gasteiger partial charge on any atom is 3.00 e. The predicted octanol–water partition coefficient (Wildman–Crippen LogP) is 7.28. The molecule has 0 N–H and O–H groups in total. The van der Waals surface area contributed by atoms with Crippen LogP contribution in [0.3, 0.4) is 0 Å². The number of allylic oxidation sites excluding steroid dienone is 7. The minimum absolute atomic E-state index is 0. The number of aromatic nitrogens is 1. The summed E-state index contributed by atoms with van der Waals surface area (Å²) in [5.41, 5.74) is 1.09. The van der Waals surface area contributed by atoms with Crippen LogP contribution in [0.2, 0.25) is 0 Å². The molecule has 0 aliphatic carbocycles. The fourth-order valence-corrected chi connectivity index (χ4v) is 2.43. The van der Waals surface area contributed by atoms with Gasteiger partial charge in [0.15, 0.2) is 0 Å². The molecule has 4 rings (SSSR count). The first-order valence-corrected chi connectivity index (χ1v) is 9.22. The molecule has 0 aliphatic heterocycles. The van der Waals surface area contributed by atoms with Gasteiger partial charge in [-0.2, -0.15) is 37.5 Å². The van der Waals surface area contributed by atoms with Crippen molar-refractivity contribution in [2.75, 3.05) is 0 Å². The number of hydrogen-bond acceptors (Lipinski definition) is 2. The standard InChI is InChI=1S/C17H11NO.C6H7.C5H5N.Ir/c1-2-3-10-15(18)14-9-6-8-13-12-7-4-5-11-16(12)19-17(13)14;1-3-5-6-4-2;1-2-4-6-5-3-1;/h2-8,10-11H,1H2;3-5H,1-2H2;1-5H;/q-2;-1;;+3/b10-3-;;;/i3D,10D;;1D,2D;. The summed E-state index contributed by atoms with van der Waals surface area (Å²) in [6.45, 7) is 10.3. The Morgan fingerprint density at radius 2 is 1.91 bits per heavy atom. The molecule has 0 saturated carbocycles. The largest absolute Gasteiger partial charge is 3.00 e. The van der Waals surface area contributed by atoms with Crippen LogP contribution in [0.5, 0.6) is 0 Å². The third-order valence-electron chi connectivity index (χ3n) is 3.67. The molecule has 160 valence electrons. The van der Waals surface area contributed by atoms with Gasteiger partial charge in [0.1, 0.15) is 5.58 Å². The molecule has 32 heavy (non-hydrogen) atoms. The summed E-state index contributed by atoms with van der Waals surface area (Å²) in [5, 5.41) is 12.0. The first-order valence-electron chi connectivity index (χ1n) is 11.2. The zero-order valence-corrected chi connectivity index (χ0v) is 19.7. The van der Waals surface area contributed by atoms with Gasteiger partial charge in [-0.25, -0.2) is 5.71 Å². The first kappa shape index (κ1) is 20.3. The number of pyridine rings is 1. The van der Waals surface area contributed by atoms with Crippen LogP contribution >= 0.6 is 0 Å². The smallest absolute Gasteiger partial charge is 0.855 e. The van der Waals surface area contributed by atoms with Crippen LogP contribution in [0, 0.1) is 12.1 Å². The number of furan rings is 1. The van der Waals surface area contributed by atoms with Gasteiger partial charge < -0.3 is 9.83 Å². The van der Waals surface area contributed by atoms with E-state index in [-0.39, 0.29) is 55.6 Å². The average Bonchev–Trinajstić information content (AvgIpc) is 3.27. The van der Waals surface area contributed by atoms with E-state index in [4.69, 9.17) is 9.90 Å². The van der Waals surface area contributed by atoms with Crippen LogP contribution in [0.4, 0.5) is 0 Å². The Hall–Kier alpha value is -3.59. The summed E-state index contributed by atoms with van der Waals surface area (Å²) < 4.78 is 35.1. The van der Waals surface area contributed by atoms with E-state index in [9.17, 15) is 5.41 Å². The van der Waals surface area contributed by atoms with E-state index in [1.165, 1.54) is 24.5 Å². The van der Waals surface area contributed by atoms with Crippen LogP contribution in [-0.2, 0) is 20.1 Å². The van der Waals surface area contributed by atoms with E-state index in [1.807, 2.05) is 30.3 Å². The number of nitrogens with zero attached hydrogens (tertiary/aromatic N) is 2. The van der Waals surface area contributed by atoms with Crippen molar-refractivity contribution in [3.63, 3.8) is 0 Å². The summed E-state index contributed by atoms with van der Waals surface area (Å²) in [7, 11) is 0. The van der Waals surface area contributed by atoms with E-state index in [0.29, 0.717) is 11.2 Å². The summed E-state index contributed by atoms with van der Waals surface area (Å²) in [6, 6.07) is 15.4. The molecule has 2 aromatic heterocycles. The van der Waals surface area contributed by atoms with Gasteiger partial charge in [0.05, 0.1) is 4.11 Å². The van der Waals surface area contributed by atoms with Crippen molar-refractivity contribution in [3.05, 3.63) is 146 Å². The number of benzene rings is 2. The number of rotatable bonds is 5. The molecule has 0 atom stereocenters. The molecule has 2 heterocycles. The Bertz CT molecular complexity index is 1390. The molecular formula is C28H23IrN2O. The molecule has 0 amide bonds. The molecule has 0 spiro atoms. The Balaban J connectivity index is 0.000000357. The number of fused-ring (bicyclic) bond motifs is 3. The maximum atomic E-state index is 10.2. The second-order valence-electron chi connectivity index (χ2n) is 5.67. The molecule has 0 fully saturated rings. The summed E-state index contributed by atoms with van der Waals surface area (Å²) in [4.78, 5) is 3.64. The molecule has 0 saturated heterocycles. The average molecular weight is 600 g/mol. The van der Waals surface area contributed by atoms with Crippen molar-refractivity contribution in [1.82, 2.24) is 4.98 Å². The van der Waals surface area contributed by atoms with Gasteiger partial charge in [-0.3, -0.25) is 4.98 Å². The van der Waals surface area contributed by atoms with Crippen LogP contribution in [0.25, 0.3) is 27.3 Å². The second kappa shape index (κ2) is 15.2. The van der Waals surface area contributed by atoms with Gasteiger partial charge in [-0.05, 0) is 18.2 Å². The molecule has 4 aromatic rings. The maximum absolute atomic E-state index is 10.2. The molecule has 0 bridgehead atoms. The topological polar surface area (TPSA) is 48.3 Å². The van der Waals surface area contributed by atoms with E-state index in [1.54, 1.807) is 24.3 Å². The van der Waals surface area contributed by atoms with E-state index in [2.05, 4.69) is 36.9 Å². The third kappa shape index (κ3) is 7.92. The Morgan fingerprint density at radius 1 is 1.09 bits per heavy atom. The number of hydrogen-bond donors (Lipinski definition) is 0. The zero-order chi connectivity index (χ0) is 25.8. The van der Waals surface area contributed by atoms with E-state index < -0.39 is 0 Å². The fourth-order valence-electron chi connectivity index (χ4n) is 2.43. The molecule has 0 aliphatic rings. The predicted molar refractivity (Wildman–Crippen MR) is 132 cm³/mol. The minimum Gasteiger partial charge on any atom is -0.855 e. The quantitative estimate of drug-likeness (QED) is 0.138. The normalized spacial score (nSPS) is 12.2. The second-order valence-corrected chi connectivity index (χ2v) is 5.67. The summed E-state index contributed by atoms with van der Waals surface area (Å²) in [6.07, 6.45) is 11.7. The SMILES string of the molecule is C=C[C-]=CC=C.[2H]/C(C=C)=C(\[2H])C(=[N-])c1[c-]ccc2c1oc1ccccc12.[2H]c1ccncc1[2H].[Ir+3]. The van der Waals surface area contributed by atoms with E-state index >= 15 is 0 Å². The Morgan fingerprint density at radius 3 is 2.53 bits per heavy atom. The zero-order valence-electron chi connectivity index (χ0n) is 21.3. The molecule has 0 unspecified atom stereocenters. The molecular weight excluding hydrogens is 573 g/mol. The van der Waals surface area contributed by atoms with Crippen LogP contribution in [0.15, 0.2) is 128 Å². The van der Waals surface area contributed by atoms with Gasteiger partial charge in [-0.1, -0.05) is 48.3 Å². The van der Waals surface area contributed by atoms with Crippen LogP contribution in [-0.4, -0.2) is 10.7 Å². The van der Waals surface area contributed by atoms with Crippen molar-refractivity contribution in [1.29, 1.82) is 0 Å². The van der Waals surface area contributed by atoms with Crippen molar-refractivity contribution in [2.45, 2.75) is 0 Å². The van der Waals surface area contributed by atoms with Crippen molar-refractivity contribution < 1.29 is 30.0 Å². The van der Waals surface area contributed by atoms with Crippen molar-refractivity contribution in [3.8, 4) is 0 Å². The van der Waals surface area contributed by atoms with Crippen molar-refractivity contribution >= 4 is 27.7 Å². The van der Waals surface area contributed by atoms with E-state index in [0.717, 1.165) is 10.8 Å². The molecule has 2 aromatic carbocycles. The van der Waals surface area contributed by atoms with Gasteiger partial charge in [0.2, 0.25) is 0 Å². The molecule has 3 nitrogen and oxygen atoms in total. The molecule has 4 heteroatoms. The fraction of sp³-hybridized carbons (Fsp3) is 0.